The molecule has 0 radical (unpaired) electrons. The highest BCUT2D eigenvalue weighted by molar-refractivity contribution is 5.90. The number of rotatable bonds is 4. The summed E-state index contributed by atoms with van der Waals surface area (Å²) in [5.41, 5.74) is 3.29. The minimum absolute atomic E-state index is 0.0559. The molecule has 2 amide bonds. The van der Waals surface area contributed by atoms with Gasteiger partial charge in [-0.25, -0.2) is 4.79 Å². The highest BCUT2D eigenvalue weighted by atomic mass is 16.5. The van der Waals surface area contributed by atoms with Gasteiger partial charge in [0.25, 0.3) is 0 Å². The quantitative estimate of drug-likeness (QED) is 0.909. The number of nitrogens with zero attached hydrogens (tertiary/aromatic N) is 2. The number of ether oxygens (including phenoxy) is 1. The number of aryl methyl sites for hydroxylation is 1. The van der Waals surface area contributed by atoms with Crippen LogP contribution in [0.2, 0.25) is 0 Å². The molecule has 1 N–H and O–H groups in total. The number of hydrogen-bond acceptors (Lipinski definition) is 3. The summed E-state index contributed by atoms with van der Waals surface area (Å²) in [6.45, 7) is 9.77. The molecule has 0 bridgehead atoms. The number of urea groups is 1. The zero-order valence-corrected chi connectivity index (χ0v) is 15.6. The highest BCUT2D eigenvalue weighted by Gasteiger charge is 2.27. The van der Waals surface area contributed by atoms with E-state index in [9.17, 15) is 4.79 Å². The molecule has 1 atom stereocenters. The van der Waals surface area contributed by atoms with Gasteiger partial charge in [0.05, 0.1) is 13.2 Å². The van der Waals surface area contributed by atoms with Crippen LogP contribution in [0.1, 0.15) is 36.8 Å². The first-order chi connectivity index (χ1) is 12.1. The van der Waals surface area contributed by atoms with E-state index in [1.54, 1.807) is 0 Å². The summed E-state index contributed by atoms with van der Waals surface area (Å²) < 4.78 is 5.42. The number of piperidine rings is 1. The van der Waals surface area contributed by atoms with E-state index in [-0.39, 0.29) is 6.03 Å². The maximum absolute atomic E-state index is 12.9. The summed E-state index contributed by atoms with van der Waals surface area (Å²) in [6.07, 6.45) is 4.50. The summed E-state index contributed by atoms with van der Waals surface area (Å²) in [6, 6.07) is 6.48. The van der Waals surface area contributed by atoms with Crippen molar-refractivity contribution < 1.29 is 9.53 Å². The fraction of sp³-hybridized carbons (Fsp3) is 0.650. The topological polar surface area (TPSA) is 44.8 Å². The van der Waals surface area contributed by atoms with Crippen molar-refractivity contribution in [1.29, 1.82) is 0 Å². The molecule has 0 unspecified atom stereocenters. The molecular formula is C20H31N3O2. The van der Waals surface area contributed by atoms with Gasteiger partial charge in [0.1, 0.15) is 0 Å². The van der Waals surface area contributed by atoms with Gasteiger partial charge in [-0.05, 0) is 56.7 Å². The van der Waals surface area contributed by atoms with Gasteiger partial charge >= 0.3 is 6.03 Å². The molecule has 2 saturated heterocycles. The molecule has 1 aromatic carbocycles. The van der Waals surface area contributed by atoms with Crippen LogP contribution in [0.5, 0.6) is 0 Å². The Kier molecular flexibility index (Phi) is 6.32. The average Bonchev–Trinajstić information content (AvgIpc) is 2.65. The van der Waals surface area contributed by atoms with E-state index in [4.69, 9.17) is 4.74 Å². The van der Waals surface area contributed by atoms with Crippen LogP contribution in [0, 0.1) is 13.8 Å². The molecule has 25 heavy (non-hydrogen) atoms. The van der Waals surface area contributed by atoms with Gasteiger partial charge < -0.3 is 15.0 Å². The summed E-state index contributed by atoms with van der Waals surface area (Å²) in [5.74, 6) is 0. The SMILES string of the molecule is Cc1cccc(NC(=O)N2CCCC[C@@H]2CCN2CCOCC2)c1C. The Balaban J connectivity index is 1.59. The number of anilines is 1. The molecule has 5 heteroatoms. The van der Waals surface area contributed by atoms with Crippen molar-refractivity contribution in [1.82, 2.24) is 9.80 Å². The minimum Gasteiger partial charge on any atom is -0.379 e. The third-order valence-corrected chi connectivity index (χ3v) is 5.62. The van der Waals surface area contributed by atoms with Gasteiger partial charge in [-0.3, -0.25) is 4.90 Å². The fourth-order valence-corrected chi connectivity index (χ4v) is 3.80. The highest BCUT2D eigenvalue weighted by Crippen LogP contribution is 2.23. The van der Waals surface area contributed by atoms with Gasteiger partial charge in [-0.1, -0.05) is 12.1 Å². The summed E-state index contributed by atoms with van der Waals surface area (Å²) in [5, 5.41) is 3.14. The molecule has 2 aliphatic rings. The number of likely N-dealkylation sites (tertiary alicyclic amines) is 1. The van der Waals surface area contributed by atoms with Crippen LogP contribution in [0.15, 0.2) is 18.2 Å². The zero-order valence-electron chi connectivity index (χ0n) is 15.6. The first-order valence-electron chi connectivity index (χ1n) is 9.59. The first kappa shape index (κ1) is 18.2. The first-order valence-corrected chi connectivity index (χ1v) is 9.59. The van der Waals surface area contributed by atoms with Crippen molar-refractivity contribution in [3.63, 3.8) is 0 Å². The van der Waals surface area contributed by atoms with Gasteiger partial charge in [0, 0.05) is 37.9 Å². The van der Waals surface area contributed by atoms with Gasteiger partial charge in [0.2, 0.25) is 0 Å². The van der Waals surface area contributed by atoms with Crippen molar-refractivity contribution >= 4 is 11.7 Å². The maximum Gasteiger partial charge on any atom is 0.322 e. The molecule has 5 nitrogen and oxygen atoms in total. The Morgan fingerprint density at radius 1 is 1.20 bits per heavy atom. The average molecular weight is 345 g/mol. The van der Waals surface area contributed by atoms with Crippen molar-refractivity contribution in [2.75, 3.05) is 44.7 Å². The largest absolute Gasteiger partial charge is 0.379 e. The normalized spacial score (nSPS) is 22.0. The molecule has 0 aliphatic carbocycles. The predicted molar refractivity (Wildman–Crippen MR) is 101 cm³/mol. The second-order valence-electron chi connectivity index (χ2n) is 7.26. The van der Waals surface area contributed by atoms with Crippen molar-refractivity contribution in [2.24, 2.45) is 0 Å². The molecule has 0 aromatic heterocycles. The lowest BCUT2D eigenvalue weighted by Crippen LogP contribution is -2.48. The zero-order chi connectivity index (χ0) is 17.6. The lowest BCUT2D eigenvalue weighted by molar-refractivity contribution is 0.0329. The Morgan fingerprint density at radius 2 is 2.00 bits per heavy atom. The third-order valence-electron chi connectivity index (χ3n) is 5.62. The fourth-order valence-electron chi connectivity index (χ4n) is 3.80. The van der Waals surface area contributed by atoms with E-state index in [2.05, 4.69) is 35.0 Å². The van der Waals surface area contributed by atoms with Gasteiger partial charge in [0.15, 0.2) is 0 Å². The van der Waals surface area contributed by atoms with Crippen LogP contribution in [0.4, 0.5) is 10.5 Å². The molecule has 2 aliphatic heterocycles. The molecule has 1 aromatic rings. The van der Waals surface area contributed by atoms with E-state index < -0.39 is 0 Å². The second-order valence-corrected chi connectivity index (χ2v) is 7.26. The number of amides is 2. The number of nitrogens with one attached hydrogen (secondary N) is 1. The molecule has 3 rings (SSSR count). The van der Waals surface area contributed by atoms with Crippen molar-refractivity contribution in [2.45, 2.75) is 45.6 Å². The van der Waals surface area contributed by atoms with Crippen LogP contribution >= 0.6 is 0 Å². The van der Waals surface area contributed by atoms with Crippen LogP contribution < -0.4 is 5.32 Å². The Bertz CT molecular complexity index is 584. The van der Waals surface area contributed by atoms with Crippen LogP contribution in [0.3, 0.4) is 0 Å². The van der Waals surface area contributed by atoms with Crippen molar-refractivity contribution in [3.8, 4) is 0 Å². The van der Waals surface area contributed by atoms with Gasteiger partial charge in [-0.2, -0.15) is 0 Å². The Hall–Kier alpha value is -1.59. The molecule has 0 spiro atoms. The molecule has 2 fully saturated rings. The summed E-state index contributed by atoms with van der Waals surface area (Å²) in [4.78, 5) is 17.4. The minimum atomic E-state index is 0.0559. The molecule has 2 heterocycles. The lowest BCUT2D eigenvalue weighted by atomic mass is 9.99. The van der Waals surface area contributed by atoms with E-state index in [1.165, 1.54) is 12.0 Å². The van der Waals surface area contributed by atoms with Crippen molar-refractivity contribution in [3.05, 3.63) is 29.3 Å². The smallest absolute Gasteiger partial charge is 0.322 e. The maximum atomic E-state index is 12.9. The predicted octanol–water partition coefficient (Wildman–Crippen LogP) is 3.41. The van der Waals surface area contributed by atoms with Crippen LogP contribution in [0.25, 0.3) is 0 Å². The summed E-state index contributed by atoms with van der Waals surface area (Å²) >= 11 is 0. The van der Waals surface area contributed by atoms with E-state index in [0.29, 0.717) is 6.04 Å². The summed E-state index contributed by atoms with van der Waals surface area (Å²) in [7, 11) is 0. The number of carbonyl (C=O) groups is 1. The van der Waals surface area contributed by atoms with Gasteiger partial charge in [-0.15, -0.1) is 0 Å². The molecule has 0 saturated carbocycles. The molecular weight excluding hydrogens is 314 g/mol. The van der Waals surface area contributed by atoms with Crippen LogP contribution in [-0.4, -0.2) is 61.3 Å². The van der Waals surface area contributed by atoms with E-state index in [1.807, 2.05) is 12.1 Å². The standard InChI is InChI=1S/C20H31N3O2/c1-16-6-5-8-19(17(16)2)21-20(24)23-10-4-3-7-18(23)9-11-22-12-14-25-15-13-22/h5-6,8,18H,3-4,7,9-15H2,1-2H3,(H,21,24)/t18-/m1/s1. The Morgan fingerprint density at radius 3 is 2.80 bits per heavy atom. The third kappa shape index (κ3) is 4.73. The van der Waals surface area contributed by atoms with E-state index >= 15 is 0 Å². The molecule has 138 valence electrons. The number of carbonyl (C=O) groups excluding carboxylic acids is 1. The van der Waals surface area contributed by atoms with E-state index in [0.717, 1.165) is 69.9 Å². The lowest BCUT2D eigenvalue weighted by Gasteiger charge is -2.37. The van der Waals surface area contributed by atoms with Crippen LogP contribution in [-0.2, 0) is 4.74 Å². The number of morpholine rings is 1. The second kappa shape index (κ2) is 8.68. The monoisotopic (exact) mass is 345 g/mol. The Labute approximate surface area is 151 Å². The number of hydrogen-bond donors (Lipinski definition) is 1. The number of benzene rings is 1.